The van der Waals surface area contributed by atoms with Crippen LogP contribution in [0.15, 0.2) is 53.4 Å². The largest absolute Gasteiger partial charge is 0.382 e. The average molecular weight is 471 g/mol. The first-order chi connectivity index (χ1) is 15.8. The summed E-state index contributed by atoms with van der Waals surface area (Å²) in [4.78, 5) is 12.4. The molecule has 0 spiro atoms. The van der Waals surface area contributed by atoms with Crippen molar-refractivity contribution in [2.75, 3.05) is 18.8 Å². The third kappa shape index (κ3) is 5.54. The number of nitrogens with one attached hydrogen (secondary N) is 2. The van der Waals surface area contributed by atoms with Gasteiger partial charge >= 0.3 is 0 Å². The van der Waals surface area contributed by atoms with Crippen molar-refractivity contribution >= 4 is 21.7 Å². The Bertz CT molecular complexity index is 1300. The number of hydrogen-bond donors (Lipinski definition) is 3. The fourth-order valence-corrected chi connectivity index (χ4v) is 4.28. The number of hydrogen-bond acceptors (Lipinski definition) is 6. The van der Waals surface area contributed by atoms with Crippen LogP contribution in [0, 0.1) is 17.1 Å². The zero-order valence-electron chi connectivity index (χ0n) is 17.9. The van der Waals surface area contributed by atoms with E-state index >= 15 is 0 Å². The summed E-state index contributed by atoms with van der Waals surface area (Å²) in [6.07, 6.45) is 0.839. The van der Waals surface area contributed by atoms with Gasteiger partial charge in [-0.15, -0.1) is 0 Å². The molecule has 0 atom stereocenters. The molecule has 0 unspecified atom stereocenters. The Hall–Kier alpha value is -3.75. The minimum absolute atomic E-state index is 0.0115. The summed E-state index contributed by atoms with van der Waals surface area (Å²) in [7, 11) is -3.67. The number of aryl methyl sites for hydroxylation is 1. The second-order valence-electron chi connectivity index (χ2n) is 7.10. The smallest absolute Gasteiger partial charge is 0.251 e. The van der Waals surface area contributed by atoms with Crippen molar-refractivity contribution < 1.29 is 17.6 Å². The highest BCUT2D eigenvalue weighted by atomic mass is 32.2. The molecule has 0 aliphatic carbocycles. The lowest BCUT2D eigenvalue weighted by atomic mass is 10.1. The normalized spacial score (nSPS) is 11.2. The minimum atomic E-state index is -3.67. The topological polar surface area (TPSA) is 143 Å². The molecular formula is C22H23FN6O3S. The van der Waals surface area contributed by atoms with E-state index in [-0.39, 0.29) is 34.9 Å². The van der Waals surface area contributed by atoms with Crippen molar-refractivity contribution in [2.45, 2.75) is 24.7 Å². The zero-order valence-corrected chi connectivity index (χ0v) is 18.7. The lowest BCUT2D eigenvalue weighted by molar-refractivity contribution is 0.0953. The predicted molar refractivity (Wildman–Crippen MR) is 121 cm³/mol. The highest BCUT2D eigenvalue weighted by molar-refractivity contribution is 7.89. The molecule has 0 fully saturated rings. The van der Waals surface area contributed by atoms with Crippen molar-refractivity contribution in [1.82, 2.24) is 19.8 Å². The van der Waals surface area contributed by atoms with E-state index in [1.165, 1.54) is 53.2 Å². The summed E-state index contributed by atoms with van der Waals surface area (Å²) < 4.78 is 41.2. The van der Waals surface area contributed by atoms with Gasteiger partial charge in [0.2, 0.25) is 10.0 Å². The van der Waals surface area contributed by atoms with Crippen LogP contribution in [0.1, 0.15) is 35.0 Å². The van der Waals surface area contributed by atoms with Crippen LogP contribution in [0.4, 0.5) is 10.2 Å². The Labute approximate surface area is 191 Å². The van der Waals surface area contributed by atoms with Crippen molar-refractivity contribution in [2.24, 2.45) is 0 Å². The van der Waals surface area contributed by atoms with Crippen LogP contribution in [0.3, 0.4) is 0 Å². The van der Waals surface area contributed by atoms with Gasteiger partial charge in [-0.1, -0.05) is 13.0 Å². The van der Waals surface area contributed by atoms with E-state index in [0.717, 1.165) is 0 Å². The molecule has 0 aliphatic rings. The highest BCUT2D eigenvalue weighted by Crippen LogP contribution is 2.21. The highest BCUT2D eigenvalue weighted by Gasteiger charge is 2.17. The molecule has 3 rings (SSSR count). The first-order valence-electron chi connectivity index (χ1n) is 10.2. The zero-order chi connectivity index (χ0) is 24.0. The van der Waals surface area contributed by atoms with Crippen LogP contribution in [0.5, 0.6) is 0 Å². The summed E-state index contributed by atoms with van der Waals surface area (Å²) in [5.74, 6) is -0.659. The fraction of sp³-hybridized carbons (Fsp3) is 0.227. The quantitative estimate of drug-likeness (QED) is 0.409. The van der Waals surface area contributed by atoms with Gasteiger partial charge < -0.3 is 11.1 Å². The summed E-state index contributed by atoms with van der Waals surface area (Å²) in [5, 5.41) is 16.6. The summed E-state index contributed by atoms with van der Waals surface area (Å²) >= 11 is 0. The van der Waals surface area contributed by atoms with Crippen LogP contribution in [0.25, 0.3) is 5.69 Å². The third-order valence-corrected chi connectivity index (χ3v) is 6.34. The van der Waals surface area contributed by atoms with Crippen molar-refractivity contribution in [3.8, 4) is 11.8 Å². The summed E-state index contributed by atoms with van der Waals surface area (Å²) in [5.41, 5.74) is 7.48. The summed E-state index contributed by atoms with van der Waals surface area (Å²) in [6.45, 7) is 2.18. The molecule has 4 N–H and O–H groups in total. The monoisotopic (exact) mass is 470 g/mol. The number of carbonyl (C=O) groups excluding carboxylic acids is 1. The van der Waals surface area contributed by atoms with Crippen LogP contribution in [-0.2, 0) is 16.4 Å². The number of rotatable bonds is 9. The molecule has 2 aromatic carbocycles. The molecule has 0 aliphatic heterocycles. The number of anilines is 1. The Morgan fingerprint density at radius 3 is 2.64 bits per heavy atom. The molecule has 0 saturated carbocycles. The van der Waals surface area contributed by atoms with Gasteiger partial charge in [0.25, 0.3) is 5.91 Å². The third-order valence-electron chi connectivity index (χ3n) is 4.79. The molecule has 9 nitrogen and oxygen atoms in total. The number of nitrogens with two attached hydrogens (primary N) is 1. The molecule has 0 saturated heterocycles. The van der Waals surface area contributed by atoms with Gasteiger partial charge in [-0.2, -0.15) is 10.4 Å². The van der Waals surface area contributed by atoms with Gasteiger partial charge in [-0.3, -0.25) is 4.79 Å². The van der Waals surface area contributed by atoms with E-state index in [9.17, 15) is 22.9 Å². The van der Waals surface area contributed by atoms with Gasteiger partial charge in [0.15, 0.2) is 0 Å². The van der Waals surface area contributed by atoms with Gasteiger partial charge in [-0.25, -0.2) is 22.2 Å². The molecular weight excluding hydrogens is 447 g/mol. The van der Waals surface area contributed by atoms with E-state index in [0.29, 0.717) is 24.2 Å². The maximum atomic E-state index is 13.2. The molecule has 0 radical (unpaired) electrons. The lowest BCUT2D eigenvalue weighted by Crippen LogP contribution is -2.26. The fourth-order valence-electron chi connectivity index (χ4n) is 3.19. The molecule has 172 valence electrons. The number of amides is 1. The minimum Gasteiger partial charge on any atom is -0.382 e. The van der Waals surface area contributed by atoms with Crippen molar-refractivity contribution in [1.29, 1.82) is 5.26 Å². The van der Waals surface area contributed by atoms with Crippen molar-refractivity contribution in [3.63, 3.8) is 0 Å². The van der Waals surface area contributed by atoms with E-state index in [4.69, 9.17) is 5.73 Å². The predicted octanol–water partition coefficient (Wildman–Crippen LogP) is 2.13. The van der Waals surface area contributed by atoms with Gasteiger partial charge in [0.1, 0.15) is 23.3 Å². The first-order valence-corrected chi connectivity index (χ1v) is 11.7. The first kappa shape index (κ1) is 23.9. The van der Waals surface area contributed by atoms with Crippen LogP contribution < -0.4 is 15.8 Å². The maximum absolute atomic E-state index is 13.2. The standard InChI is InChI=1S/C22H23FN6O3S/c1-2-27-33(31,32)18-6-3-5-15(13-18)22(30)26-12-4-7-20-19(14-24)21(25)29(28-20)17-10-8-16(23)9-11-17/h3,5-6,8-11,13,27H,2,4,7,12,25H2,1H3,(H,26,30). The molecule has 33 heavy (non-hydrogen) atoms. The van der Waals surface area contributed by atoms with E-state index in [1.807, 2.05) is 6.07 Å². The number of halogens is 1. The van der Waals surface area contributed by atoms with Gasteiger partial charge in [0.05, 0.1) is 16.3 Å². The Morgan fingerprint density at radius 1 is 1.24 bits per heavy atom. The Kier molecular flexibility index (Phi) is 7.42. The SMILES string of the molecule is CCNS(=O)(=O)c1cccc(C(=O)NCCCc2nn(-c3ccc(F)cc3)c(N)c2C#N)c1. The second kappa shape index (κ2) is 10.2. The van der Waals surface area contributed by atoms with Gasteiger partial charge in [0, 0.05) is 18.7 Å². The molecule has 1 heterocycles. The second-order valence-corrected chi connectivity index (χ2v) is 8.86. The van der Waals surface area contributed by atoms with E-state index in [2.05, 4.69) is 15.1 Å². The number of nitrogen functional groups attached to an aromatic ring is 1. The van der Waals surface area contributed by atoms with Crippen molar-refractivity contribution in [3.05, 3.63) is 71.2 Å². The maximum Gasteiger partial charge on any atom is 0.251 e. The molecule has 3 aromatic rings. The van der Waals surface area contributed by atoms with Crippen LogP contribution in [0.2, 0.25) is 0 Å². The molecule has 11 heteroatoms. The van der Waals surface area contributed by atoms with Crippen LogP contribution >= 0.6 is 0 Å². The van der Waals surface area contributed by atoms with Gasteiger partial charge in [-0.05, 0) is 55.3 Å². The molecule has 0 bridgehead atoms. The number of carbonyl (C=O) groups is 1. The van der Waals surface area contributed by atoms with Crippen LogP contribution in [-0.4, -0.2) is 37.2 Å². The summed E-state index contributed by atoms with van der Waals surface area (Å²) in [6, 6.07) is 13.4. The number of nitrogens with zero attached hydrogens (tertiary/aromatic N) is 3. The number of nitriles is 1. The number of aromatic nitrogens is 2. The van der Waals surface area contributed by atoms with E-state index < -0.39 is 21.7 Å². The van der Waals surface area contributed by atoms with E-state index in [1.54, 1.807) is 6.92 Å². The number of sulfonamides is 1. The molecule has 1 amide bonds. The average Bonchev–Trinajstić information content (AvgIpc) is 3.12. The Balaban J connectivity index is 1.64. The lowest BCUT2D eigenvalue weighted by Gasteiger charge is -2.08. The molecule has 1 aromatic heterocycles. The number of benzene rings is 2. The Morgan fingerprint density at radius 2 is 1.97 bits per heavy atom.